The van der Waals surface area contributed by atoms with Gasteiger partial charge in [-0.15, -0.1) is 0 Å². The van der Waals surface area contributed by atoms with Crippen LogP contribution in [0, 0.1) is 0 Å². The van der Waals surface area contributed by atoms with Crippen molar-refractivity contribution < 1.29 is 13.2 Å². The summed E-state index contributed by atoms with van der Waals surface area (Å²) in [6.45, 7) is 2.46. The van der Waals surface area contributed by atoms with Crippen molar-refractivity contribution in [2.24, 2.45) is 5.14 Å². The SMILES string of the molecule is CCCN(C)C(=O)c1ccc(N)cc1S(N)(=O)=O. The highest BCUT2D eigenvalue weighted by molar-refractivity contribution is 7.89. The number of sulfonamides is 1. The third-order valence-electron chi connectivity index (χ3n) is 2.45. The minimum Gasteiger partial charge on any atom is -0.399 e. The topological polar surface area (TPSA) is 106 Å². The van der Waals surface area contributed by atoms with Gasteiger partial charge in [0.25, 0.3) is 5.91 Å². The molecule has 0 radical (unpaired) electrons. The fourth-order valence-electron chi connectivity index (χ4n) is 1.59. The van der Waals surface area contributed by atoms with Gasteiger partial charge in [0.05, 0.1) is 10.5 Å². The van der Waals surface area contributed by atoms with E-state index in [2.05, 4.69) is 0 Å². The van der Waals surface area contributed by atoms with Crippen LogP contribution in [0.15, 0.2) is 23.1 Å². The fourth-order valence-corrected chi connectivity index (χ4v) is 2.36. The lowest BCUT2D eigenvalue weighted by Gasteiger charge is -2.17. The Bertz CT molecular complexity index is 555. The van der Waals surface area contributed by atoms with Crippen molar-refractivity contribution in [1.29, 1.82) is 0 Å². The maximum absolute atomic E-state index is 12.1. The van der Waals surface area contributed by atoms with Crippen molar-refractivity contribution >= 4 is 21.6 Å². The van der Waals surface area contributed by atoms with Gasteiger partial charge >= 0.3 is 0 Å². The lowest BCUT2D eigenvalue weighted by molar-refractivity contribution is 0.0791. The molecule has 0 aromatic heterocycles. The molecule has 0 aliphatic heterocycles. The molecule has 0 saturated carbocycles. The molecule has 0 unspecified atom stereocenters. The molecule has 4 N–H and O–H groups in total. The zero-order valence-corrected chi connectivity index (χ0v) is 11.2. The molecular formula is C11H17N3O3S. The molecule has 1 aromatic rings. The molecule has 0 spiro atoms. The van der Waals surface area contributed by atoms with Crippen LogP contribution < -0.4 is 10.9 Å². The van der Waals surface area contributed by atoms with Crippen LogP contribution >= 0.6 is 0 Å². The predicted molar refractivity (Wildman–Crippen MR) is 69.5 cm³/mol. The van der Waals surface area contributed by atoms with Gasteiger partial charge in [-0.1, -0.05) is 6.92 Å². The highest BCUT2D eigenvalue weighted by Gasteiger charge is 2.21. The largest absolute Gasteiger partial charge is 0.399 e. The quantitative estimate of drug-likeness (QED) is 0.773. The highest BCUT2D eigenvalue weighted by Crippen LogP contribution is 2.19. The second kappa shape index (κ2) is 5.36. The minimum absolute atomic E-state index is 0.0441. The summed E-state index contributed by atoms with van der Waals surface area (Å²) in [4.78, 5) is 13.3. The first-order chi connectivity index (χ1) is 8.27. The summed E-state index contributed by atoms with van der Waals surface area (Å²) in [5, 5.41) is 5.08. The monoisotopic (exact) mass is 271 g/mol. The second-order valence-corrected chi connectivity index (χ2v) is 5.56. The summed E-state index contributed by atoms with van der Waals surface area (Å²) < 4.78 is 22.9. The summed E-state index contributed by atoms with van der Waals surface area (Å²) in [5.74, 6) is -0.388. The van der Waals surface area contributed by atoms with Crippen molar-refractivity contribution in [3.05, 3.63) is 23.8 Å². The van der Waals surface area contributed by atoms with E-state index in [1.807, 2.05) is 6.92 Å². The van der Waals surface area contributed by atoms with E-state index in [0.717, 1.165) is 6.42 Å². The van der Waals surface area contributed by atoms with Crippen LogP contribution in [0.3, 0.4) is 0 Å². The van der Waals surface area contributed by atoms with Crippen LogP contribution in [0.25, 0.3) is 0 Å². The number of nitrogen functional groups attached to an aromatic ring is 1. The first kappa shape index (κ1) is 14.5. The molecule has 1 rings (SSSR count). The molecule has 0 saturated heterocycles. The third-order valence-corrected chi connectivity index (χ3v) is 3.40. The van der Waals surface area contributed by atoms with Gasteiger partial charge in [0.15, 0.2) is 0 Å². The van der Waals surface area contributed by atoms with E-state index in [1.54, 1.807) is 7.05 Å². The highest BCUT2D eigenvalue weighted by atomic mass is 32.2. The number of benzene rings is 1. The summed E-state index contributed by atoms with van der Waals surface area (Å²) >= 11 is 0. The number of carbonyl (C=O) groups is 1. The van der Waals surface area contributed by atoms with Crippen molar-refractivity contribution in [1.82, 2.24) is 4.90 Å². The van der Waals surface area contributed by atoms with Crippen LogP contribution in [0.4, 0.5) is 5.69 Å². The number of nitrogens with zero attached hydrogens (tertiary/aromatic N) is 1. The number of anilines is 1. The minimum atomic E-state index is -3.98. The Morgan fingerprint density at radius 2 is 2.00 bits per heavy atom. The average Bonchev–Trinajstić information content (AvgIpc) is 2.27. The number of hydrogen-bond donors (Lipinski definition) is 2. The number of rotatable bonds is 4. The standard InChI is InChI=1S/C11H17N3O3S/c1-3-6-14(2)11(15)9-5-4-8(12)7-10(9)18(13,16)17/h4-5,7H,3,6,12H2,1-2H3,(H2,13,16,17). The summed E-state index contributed by atoms with van der Waals surface area (Å²) in [6, 6.07) is 4.05. The molecule has 0 heterocycles. The summed E-state index contributed by atoms with van der Waals surface area (Å²) in [6.07, 6.45) is 0.780. The zero-order chi connectivity index (χ0) is 13.9. The molecule has 0 fully saturated rings. The number of hydrogen-bond acceptors (Lipinski definition) is 4. The van der Waals surface area contributed by atoms with Crippen molar-refractivity contribution in [2.45, 2.75) is 18.2 Å². The molecule has 7 heteroatoms. The zero-order valence-electron chi connectivity index (χ0n) is 10.4. The Hall–Kier alpha value is -1.60. The summed E-state index contributed by atoms with van der Waals surface area (Å²) in [7, 11) is -2.37. The first-order valence-electron chi connectivity index (χ1n) is 5.45. The number of primary sulfonamides is 1. The smallest absolute Gasteiger partial charge is 0.254 e. The molecule has 0 atom stereocenters. The molecule has 0 aliphatic rings. The number of amides is 1. The van der Waals surface area contributed by atoms with Gasteiger partial charge in [-0.25, -0.2) is 13.6 Å². The van der Waals surface area contributed by atoms with E-state index in [9.17, 15) is 13.2 Å². The van der Waals surface area contributed by atoms with Crippen molar-refractivity contribution in [3.63, 3.8) is 0 Å². The van der Waals surface area contributed by atoms with Gasteiger partial charge in [-0.05, 0) is 24.6 Å². The Morgan fingerprint density at radius 3 is 2.50 bits per heavy atom. The molecule has 18 heavy (non-hydrogen) atoms. The maximum atomic E-state index is 12.1. The average molecular weight is 271 g/mol. The Morgan fingerprint density at radius 1 is 1.39 bits per heavy atom. The van der Waals surface area contributed by atoms with Crippen LogP contribution in [-0.4, -0.2) is 32.8 Å². The van der Waals surface area contributed by atoms with Crippen LogP contribution in [0.2, 0.25) is 0 Å². The van der Waals surface area contributed by atoms with E-state index < -0.39 is 10.0 Å². The normalized spacial score (nSPS) is 11.3. The second-order valence-electron chi connectivity index (χ2n) is 4.03. The van der Waals surface area contributed by atoms with E-state index in [4.69, 9.17) is 10.9 Å². The molecule has 6 nitrogen and oxygen atoms in total. The molecular weight excluding hydrogens is 254 g/mol. The Kier molecular flexibility index (Phi) is 4.31. The van der Waals surface area contributed by atoms with E-state index >= 15 is 0 Å². The maximum Gasteiger partial charge on any atom is 0.254 e. The van der Waals surface area contributed by atoms with Crippen LogP contribution in [0.5, 0.6) is 0 Å². The van der Waals surface area contributed by atoms with E-state index in [-0.39, 0.29) is 22.1 Å². The van der Waals surface area contributed by atoms with Gasteiger partial charge in [-0.2, -0.15) is 0 Å². The first-order valence-corrected chi connectivity index (χ1v) is 6.99. The molecule has 0 bridgehead atoms. The Balaban J connectivity index is 3.29. The van der Waals surface area contributed by atoms with Gasteiger partial charge < -0.3 is 10.6 Å². The van der Waals surface area contributed by atoms with Crippen molar-refractivity contribution in [2.75, 3.05) is 19.3 Å². The predicted octanol–water partition coefficient (Wildman–Crippen LogP) is 0.398. The number of nitrogens with two attached hydrogens (primary N) is 2. The third kappa shape index (κ3) is 3.21. The van der Waals surface area contributed by atoms with Crippen LogP contribution in [0.1, 0.15) is 23.7 Å². The van der Waals surface area contributed by atoms with Gasteiger partial charge in [0.1, 0.15) is 0 Å². The fraction of sp³-hybridized carbons (Fsp3) is 0.364. The van der Waals surface area contributed by atoms with E-state index in [0.29, 0.717) is 6.54 Å². The van der Waals surface area contributed by atoms with Gasteiger partial charge in [0, 0.05) is 19.3 Å². The molecule has 100 valence electrons. The molecule has 0 aliphatic carbocycles. The van der Waals surface area contributed by atoms with E-state index in [1.165, 1.54) is 23.1 Å². The lowest BCUT2D eigenvalue weighted by Crippen LogP contribution is -2.29. The number of carbonyl (C=O) groups excluding carboxylic acids is 1. The van der Waals surface area contributed by atoms with Crippen molar-refractivity contribution in [3.8, 4) is 0 Å². The van der Waals surface area contributed by atoms with Gasteiger partial charge in [-0.3, -0.25) is 4.79 Å². The summed E-state index contributed by atoms with van der Waals surface area (Å²) in [5.41, 5.74) is 5.80. The van der Waals surface area contributed by atoms with Gasteiger partial charge in [0.2, 0.25) is 10.0 Å². The lowest BCUT2D eigenvalue weighted by atomic mass is 10.2. The molecule has 1 amide bonds. The molecule has 1 aromatic carbocycles. The van der Waals surface area contributed by atoms with Crippen LogP contribution in [-0.2, 0) is 10.0 Å². The Labute approximate surface area is 107 Å².